The molecule has 0 aromatic heterocycles. The third-order valence-electron chi connectivity index (χ3n) is 11.9. The Kier molecular flexibility index (Phi) is 49.1. The van der Waals surface area contributed by atoms with Crippen molar-refractivity contribution in [1.82, 2.24) is 0 Å². The first-order valence-corrected chi connectivity index (χ1v) is 29.8. The van der Waals surface area contributed by atoms with Gasteiger partial charge in [-0.3, -0.25) is 14.2 Å². The third kappa shape index (κ3) is 54.5. The molecule has 10 heteroatoms. The highest BCUT2D eigenvalue weighted by atomic mass is 31.2. The van der Waals surface area contributed by atoms with Gasteiger partial charge in [0.05, 0.1) is 27.7 Å². The minimum Gasteiger partial charge on any atom is -0.756 e. The molecule has 0 fully saturated rings. The molecule has 0 amide bonds. The van der Waals surface area contributed by atoms with Crippen LogP contribution in [0.2, 0.25) is 0 Å². The summed E-state index contributed by atoms with van der Waals surface area (Å²) in [7, 11) is 1.16. The van der Waals surface area contributed by atoms with Gasteiger partial charge in [0.1, 0.15) is 19.8 Å². The Balaban J connectivity index is 4.08. The van der Waals surface area contributed by atoms with E-state index in [-0.39, 0.29) is 26.1 Å². The number of phosphoric acid groups is 1. The molecule has 70 heavy (non-hydrogen) atoms. The van der Waals surface area contributed by atoms with Gasteiger partial charge in [-0.15, -0.1) is 0 Å². The zero-order valence-corrected chi connectivity index (χ0v) is 46.6. The Hall–Kier alpha value is -2.81. The fourth-order valence-electron chi connectivity index (χ4n) is 7.54. The van der Waals surface area contributed by atoms with E-state index < -0.39 is 32.5 Å². The fraction of sp³-hybridized carbons (Fsp3) is 0.733. The number of nitrogens with zero attached hydrogens (tertiary/aromatic N) is 1. The minimum absolute atomic E-state index is 0.0344. The summed E-state index contributed by atoms with van der Waals surface area (Å²) in [5.41, 5.74) is 0. The molecule has 0 spiro atoms. The van der Waals surface area contributed by atoms with Gasteiger partial charge in [0, 0.05) is 12.8 Å². The average molecular weight is 1000 g/mol. The van der Waals surface area contributed by atoms with Crippen LogP contribution in [0.1, 0.15) is 232 Å². The van der Waals surface area contributed by atoms with E-state index in [1.165, 1.54) is 103 Å². The number of quaternary nitrogens is 1. The first-order valence-electron chi connectivity index (χ1n) is 28.3. The fourth-order valence-corrected chi connectivity index (χ4v) is 8.26. The second-order valence-electron chi connectivity index (χ2n) is 19.9. The number of likely N-dealkylation sites (N-methyl/N-ethyl adjacent to an activating group) is 1. The van der Waals surface area contributed by atoms with Crippen molar-refractivity contribution in [2.45, 2.75) is 238 Å². The smallest absolute Gasteiger partial charge is 0.306 e. The number of ether oxygens (including phenoxy) is 2. The summed E-state index contributed by atoms with van der Waals surface area (Å²) in [6.45, 7) is 4.10. The van der Waals surface area contributed by atoms with Crippen LogP contribution in [0.15, 0.2) is 85.1 Å². The highest BCUT2D eigenvalue weighted by molar-refractivity contribution is 7.45. The van der Waals surface area contributed by atoms with Crippen LogP contribution in [-0.2, 0) is 32.7 Å². The van der Waals surface area contributed by atoms with E-state index in [0.717, 1.165) is 96.3 Å². The first-order chi connectivity index (χ1) is 34.0. The van der Waals surface area contributed by atoms with Crippen LogP contribution in [-0.4, -0.2) is 70.0 Å². The second kappa shape index (κ2) is 51.1. The third-order valence-corrected chi connectivity index (χ3v) is 12.9. The summed E-state index contributed by atoms with van der Waals surface area (Å²) in [5.74, 6) is -0.844. The predicted octanol–water partition coefficient (Wildman–Crippen LogP) is 16.8. The van der Waals surface area contributed by atoms with E-state index in [1.807, 2.05) is 21.1 Å². The van der Waals surface area contributed by atoms with E-state index in [2.05, 4.69) is 98.9 Å². The first kappa shape index (κ1) is 67.2. The highest BCUT2D eigenvalue weighted by Gasteiger charge is 2.21. The van der Waals surface area contributed by atoms with Gasteiger partial charge in [-0.05, 0) is 89.9 Å². The molecule has 0 aromatic carbocycles. The molecular formula is C60H106NO8P. The van der Waals surface area contributed by atoms with Crippen LogP contribution < -0.4 is 4.89 Å². The molecule has 404 valence electrons. The van der Waals surface area contributed by atoms with E-state index in [1.54, 1.807) is 0 Å². The highest BCUT2D eigenvalue weighted by Crippen LogP contribution is 2.38. The zero-order valence-electron chi connectivity index (χ0n) is 45.7. The van der Waals surface area contributed by atoms with E-state index >= 15 is 0 Å². The predicted molar refractivity (Wildman–Crippen MR) is 296 cm³/mol. The van der Waals surface area contributed by atoms with Gasteiger partial charge in [-0.2, -0.15) is 0 Å². The van der Waals surface area contributed by atoms with Crippen molar-refractivity contribution in [3.63, 3.8) is 0 Å². The summed E-state index contributed by atoms with van der Waals surface area (Å²) in [5, 5.41) is 0. The van der Waals surface area contributed by atoms with Crippen molar-refractivity contribution in [3.05, 3.63) is 85.1 Å². The van der Waals surface area contributed by atoms with Crippen LogP contribution in [0.25, 0.3) is 0 Å². The number of rotatable bonds is 51. The molecule has 0 aliphatic rings. The summed E-state index contributed by atoms with van der Waals surface area (Å²) >= 11 is 0. The molecule has 2 unspecified atom stereocenters. The monoisotopic (exact) mass is 1000 g/mol. The number of unbranched alkanes of at least 4 members (excludes halogenated alkanes) is 23. The number of hydrogen-bond acceptors (Lipinski definition) is 8. The molecule has 0 rings (SSSR count). The molecule has 0 bridgehead atoms. The maximum atomic E-state index is 12.8. The van der Waals surface area contributed by atoms with Crippen LogP contribution in [0.3, 0.4) is 0 Å². The van der Waals surface area contributed by atoms with E-state index in [4.69, 9.17) is 18.5 Å². The summed E-state index contributed by atoms with van der Waals surface area (Å²) in [6.07, 6.45) is 67.8. The van der Waals surface area contributed by atoms with E-state index in [9.17, 15) is 19.0 Å². The van der Waals surface area contributed by atoms with Crippen LogP contribution in [0.4, 0.5) is 0 Å². The molecule has 0 N–H and O–H groups in total. The lowest BCUT2D eigenvalue weighted by Gasteiger charge is -2.28. The zero-order chi connectivity index (χ0) is 51.3. The van der Waals surface area contributed by atoms with Gasteiger partial charge in [0.2, 0.25) is 0 Å². The lowest BCUT2D eigenvalue weighted by atomic mass is 10.0. The van der Waals surface area contributed by atoms with Crippen molar-refractivity contribution < 1.29 is 42.1 Å². The van der Waals surface area contributed by atoms with Crippen LogP contribution in [0, 0.1) is 0 Å². The molecule has 0 saturated heterocycles. The van der Waals surface area contributed by atoms with Gasteiger partial charge in [-0.25, -0.2) is 0 Å². The minimum atomic E-state index is -4.64. The summed E-state index contributed by atoms with van der Waals surface area (Å²) in [6, 6.07) is 0. The van der Waals surface area contributed by atoms with Gasteiger partial charge < -0.3 is 27.9 Å². The molecule has 0 heterocycles. The average Bonchev–Trinajstić information content (AvgIpc) is 3.32. The summed E-state index contributed by atoms with van der Waals surface area (Å²) < 4.78 is 34.1. The maximum Gasteiger partial charge on any atom is 0.306 e. The molecule has 0 aliphatic carbocycles. The Morgan fingerprint density at radius 2 is 0.814 bits per heavy atom. The Morgan fingerprint density at radius 1 is 0.457 bits per heavy atom. The molecule has 0 saturated carbocycles. The molecule has 0 aliphatic heterocycles. The molecule has 0 radical (unpaired) electrons. The number of hydrogen-bond donors (Lipinski definition) is 0. The normalized spacial score (nSPS) is 14.0. The number of esters is 2. The van der Waals surface area contributed by atoms with Crippen molar-refractivity contribution >= 4 is 19.8 Å². The molecule has 0 aromatic rings. The topological polar surface area (TPSA) is 111 Å². The van der Waals surface area contributed by atoms with Crippen molar-refractivity contribution in [2.24, 2.45) is 0 Å². The van der Waals surface area contributed by atoms with Gasteiger partial charge in [0.15, 0.2) is 6.10 Å². The standard InChI is InChI=1S/C60H106NO8P/c1-6-8-10-12-14-16-18-20-21-22-23-24-25-26-27-28-29-30-31-32-33-34-35-36-37-38-39-41-43-45-47-49-51-53-60(63)69-58(57-68-70(64,65)67-55-54-61(3,4)5)56-66-59(62)52-50-48-46-44-42-40-19-17-15-13-11-9-7-2/h8,10,14,16-17,19-21,23-24,26-27,29-30,58H,6-7,9,11-13,15,18,22,25,28,31-57H2,1-5H3/b10-8-,16-14-,19-17-,21-20-,24-23-,27-26-,30-29-. The van der Waals surface area contributed by atoms with E-state index in [0.29, 0.717) is 17.4 Å². The molecule has 9 nitrogen and oxygen atoms in total. The lowest BCUT2D eigenvalue weighted by molar-refractivity contribution is -0.870. The van der Waals surface area contributed by atoms with Crippen molar-refractivity contribution in [2.75, 3.05) is 47.5 Å². The van der Waals surface area contributed by atoms with Gasteiger partial charge >= 0.3 is 11.9 Å². The number of allylic oxidation sites excluding steroid dienone is 14. The second-order valence-corrected chi connectivity index (χ2v) is 21.3. The molecular weight excluding hydrogens is 894 g/mol. The van der Waals surface area contributed by atoms with Crippen molar-refractivity contribution in [3.8, 4) is 0 Å². The maximum absolute atomic E-state index is 12.8. The number of carbonyl (C=O) groups is 2. The van der Waals surface area contributed by atoms with Crippen molar-refractivity contribution in [1.29, 1.82) is 0 Å². The Bertz CT molecular complexity index is 1460. The Morgan fingerprint density at radius 3 is 1.23 bits per heavy atom. The quantitative estimate of drug-likeness (QED) is 0.0195. The largest absolute Gasteiger partial charge is 0.756 e. The number of phosphoric ester groups is 1. The van der Waals surface area contributed by atoms with Gasteiger partial charge in [-0.1, -0.05) is 214 Å². The molecule has 2 atom stereocenters. The number of carbonyl (C=O) groups excluding carboxylic acids is 2. The lowest BCUT2D eigenvalue weighted by Crippen LogP contribution is -2.37. The van der Waals surface area contributed by atoms with Gasteiger partial charge in [0.25, 0.3) is 7.82 Å². The Labute approximate surface area is 431 Å². The summed E-state index contributed by atoms with van der Waals surface area (Å²) in [4.78, 5) is 37.7. The van der Waals surface area contributed by atoms with Crippen LogP contribution in [0.5, 0.6) is 0 Å². The SMILES string of the molecule is CC/C=C\C/C=C\C/C=C\C/C=C\C/C=C\C/C=C\CCCCCCCCCCCCCCCCC(=O)OC(COC(=O)CCCCCCC/C=C\CCCCCC)COP(=O)([O-])OCC[N+](C)(C)C. The van der Waals surface area contributed by atoms with Crippen LogP contribution >= 0.6 is 7.82 Å².